The molecule has 5 rings (SSSR count). The van der Waals surface area contributed by atoms with Gasteiger partial charge in [-0.05, 0) is 54.8 Å². The quantitative estimate of drug-likeness (QED) is 0.482. The molecule has 1 saturated heterocycles. The first-order valence-electron chi connectivity index (χ1n) is 10.2. The number of rotatable bonds is 5. The first kappa shape index (κ1) is 17.9. The van der Waals surface area contributed by atoms with Gasteiger partial charge in [-0.3, -0.25) is 4.90 Å². The topological polar surface area (TPSA) is 43.2 Å². The molecule has 146 valence electrons. The summed E-state index contributed by atoms with van der Waals surface area (Å²) < 4.78 is 8.09. The number of para-hydroxylation sites is 2. The van der Waals surface area contributed by atoms with E-state index < -0.39 is 0 Å². The highest BCUT2D eigenvalue weighted by Crippen LogP contribution is 2.27. The molecule has 5 heteroatoms. The highest BCUT2D eigenvalue weighted by atomic mass is 16.5. The third kappa shape index (κ3) is 4.00. The molecule has 0 N–H and O–H groups in total. The Balaban J connectivity index is 1.21. The number of ether oxygens (including phenoxy) is 1. The molecule has 0 atom stereocenters. The van der Waals surface area contributed by atoms with Crippen LogP contribution in [0.1, 0.15) is 24.4 Å². The lowest BCUT2D eigenvalue weighted by Crippen LogP contribution is -2.34. The molecule has 0 spiro atoms. The number of hydrogen-bond acceptors (Lipinski definition) is 4. The van der Waals surface area contributed by atoms with Gasteiger partial charge < -0.3 is 4.74 Å². The summed E-state index contributed by atoms with van der Waals surface area (Å²) in [5, 5.41) is 8.72. The summed E-state index contributed by atoms with van der Waals surface area (Å²) in [6, 6.07) is 27.0. The predicted octanol–water partition coefficient (Wildman–Crippen LogP) is 5.06. The maximum Gasteiger partial charge on any atom is 0.127 e. The van der Waals surface area contributed by atoms with Crippen LogP contribution in [0.15, 0.2) is 78.9 Å². The van der Waals surface area contributed by atoms with Crippen LogP contribution in [-0.2, 0) is 6.54 Å². The van der Waals surface area contributed by atoms with Crippen LogP contribution in [0.2, 0.25) is 0 Å². The Morgan fingerprint density at radius 3 is 2.45 bits per heavy atom. The zero-order chi connectivity index (χ0) is 19.5. The van der Waals surface area contributed by atoms with E-state index in [0.29, 0.717) is 6.04 Å². The minimum Gasteiger partial charge on any atom is -0.457 e. The Kier molecular flexibility index (Phi) is 4.97. The zero-order valence-electron chi connectivity index (χ0n) is 16.3. The highest BCUT2D eigenvalue weighted by Gasteiger charge is 2.22. The average molecular weight is 384 g/mol. The van der Waals surface area contributed by atoms with Crippen molar-refractivity contribution in [3.63, 3.8) is 0 Å². The van der Waals surface area contributed by atoms with E-state index in [4.69, 9.17) is 4.74 Å². The van der Waals surface area contributed by atoms with Crippen molar-refractivity contribution in [2.24, 2.45) is 0 Å². The number of hydrogen-bond donors (Lipinski definition) is 0. The van der Waals surface area contributed by atoms with Crippen LogP contribution < -0.4 is 4.74 Å². The molecular weight excluding hydrogens is 360 g/mol. The number of fused-ring (bicyclic) bond motifs is 1. The van der Waals surface area contributed by atoms with Crippen LogP contribution >= 0.6 is 0 Å². The van der Waals surface area contributed by atoms with Crippen molar-refractivity contribution < 1.29 is 4.74 Å². The number of piperidine rings is 1. The van der Waals surface area contributed by atoms with Crippen molar-refractivity contribution in [1.82, 2.24) is 19.9 Å². The van der Waals surface area contributed by atoms with Gasteiger partial charge in [-0.1, -0.05) is 47.7 Å². The van der Waals surface area contributed by atoms with Crippen LogP contribution in [0.3, 0.4) is 0 Å². The van der Waals surface area contributed by atoms with E-state index >= 15 is 0 Å². The first-order valence-corrected chi connectivity index (χ1v) is 10.2. The van der Waals surface area contributed by atoms with E-state index in [1.54, 1.807) is 0 Å². The molecule has 3 aromatic carbocycles. The summed E-state index contributed by atoms with van der Waals surface area (Å²) in [6.07, 6.45) is 2.18. The molecule has 0 unspecified atom stereocenters. The molecule has 0 saturated carbocycles. The predicted molar refractivity (Wildman–Crippen MR) is 114 cm³/mol. The van der Waals surface area contributed by atoms with Gasteiger partial charge in [0.1, 0.15) is 17.0 Å². The van der Waals surface area contributed by atoms with E-state index in [-0.39, 0.29) is 0 Å². The van der Waals surface area contributed by atoms with E-state index in [9.17, 15) is 0 Å². The highest BCUT2D eigenvalue weighted by molar-refractivity contribution is 5.73. The SMILES string of the molecule is c1ccc(Oc2cccc(CN3CCC(n4nnc5ccccc54)CC3)c2)cc1. The van der Waals surface area contributed by atoms with Gasteiger partial charge >= 0.3 is 0 Å². The minimum atomic E-state index is 0.423. The van der Waals surface area contributed by atoms with Gasteiger partial charge in [-0.15, -0.1) is 5.10 Å². The Morgan fingerprint density at radius 2 is 1.59 bits per heavy atom. The normalized spacial score (nSPS) is 15.6. The van der Waals surface area contributed by atoms with Crippen molar-refractivity contribution in [2.45, 2.75) is 25.4 Å². The first-order chi connectivity index (χ1) is 14.3. The lowest BCUT2D eigenvalue weighted by atomic mass is 10.0. The van der Waals surface area contributed by atoms with E-state index in [1.165, 1.54) is 5.56 Å². The summed E-state index contributed by atoms with van der Waals surface area (Å²) in [4.78, 5) is 2.51. The van der Waals surface area contributed by atoms with Crippen molar-refractivity contribution >= 4 is 11.0 Å². The van der Waals surface area contributed by atoms with Gasteiger partial charge in [0.05, 0.1) is 11.6 Å². The molecule has 0 bridgehead atoms. The fraction of sp³-hybridized carbons (Fsp3) is 0.250. The Labute approximate surface area is 170 Å². The third-order valence-electron chi connectivity index (χ3n) is 5.56. The maximum absolute atomic E-state index is 5.98. The Hall–Kier alpha value is -3.18. The summed E-state index contributed by atoms with van der Waals surface area (Å²) in [5.74, 6) is 1.75. The van der Waals surface area contributed by atoms with Crippen molar-refractivity contribution in [1.29, 1.82) is 0 Å². The molecule has 2 heterocycles. The summed E-state index contributed by atoms with van der Waals surface area (Å²) in [5.41, 5.74) is 3.39. The summed E-state index contributed by atoms with van der Waals surface area (Å²) in [7, 11) is 0. The number of aromatic nitrogens is 3. The smallest absolute Gasteiger partial charge is 0.127 e. The molecule has 1 aromatic heterocycles. The average Bonchev–Trinajstić information content (AvgIpc) is 3.20. The zero-order valence-corrected chi connectivity index (χ0v) is 16.3. The lowest BCUT2D eigenvalue weighted by molar-refractivity contribution is 0.174. The number of likely N-dealkylation sites (tertiary alicyclic amines) is 1. The fourth-order valence-electron chi connectivity index (χ4n) is 4.07. The van der Waals surface area contributed by atoms with Crippen molar-refractivity contribution in [3.05, 3.63) is 84.4 Å². The maximum atomic E-state index is 5.98. The summed E-state index contributed by atoms with van der Waals surface area (Å²) in [6.45, 7) is 3.06. The third-order valence-corrected chi connectivity index (χ3v) is 5.56. The molecule has 1 fully saturated rings. The van der Waals surface area contributed by atoms with Gasteiger partial charge in [-0.25, -0.2) is 4.68 Å². The van der Waals surface area contributed by atoms with Gasteiger partial charge in [0.2, 0.25) is 0 Å². The Morgan fingerprint density at radius 1 is 0.828 bits per heavy atom. The van der Waals surface area contributed by atoms with Crippen molar-refractivity contribution in [3.8, 4) is 11.5 Å². The molecule has 0 amide bonds. The van der Waals surface area contributed by atoms with Gasteiger partial charge in [0.25, 0.3) is 0 Å². The molecule has 4 aromatic rings. The lowest BCUT2D eigenvalue weighted by Gasteiger charge is -2.32. The van der Waals surface area contributed by atoms with Gasteiger partial charge in [-0.2, -0.15) is 0 Å². The van der Waals surface area contributed by atoms with Crippen LogP contribution in [0, 0.1) is 0 Å². The van der Waals surface area contributed by atoms with Crippen LogP contribution in [-0.4, -0.2) is 33.0 Å². The van der Waals surface area contributed by atoms with Crippen molar-refractivity contribution in [2.75, 3.05) is 13.1 Å². The Bertz CT molecular complexity index is 1080. The molecule has 1 aliphatic heterocycles. The van der Waals surface area contributed by atoms with Crippen LogP contribution in [0.25, 0.3) is 11.0 Å². The molecule has 1 aliphatic rings. The monoisotopic (exact) mass is 384 g/mol. The van der Waals surface area contributed by atoms with Gasteiger partial charge in [0, 0.05) is 19.6 Å². The minimum absolute atomic E-state index is 0.423. The van der Waals surface area contributed by atoms with Gasteiger partial charge in [0.15, 0.2) is 0 Å². The molecule has 5 nitrogen and oxygen atoms in total. The second-order valence-electron chi connectivity index (χ2n) is 7.59. The molecule has 0 aliphatic carbocycles. The second kappa shape index (κ2) is 8.05. The second-order valence-corrected chi connectivity index (χ2v) is 7.59. The van der Waals surface area contributed by atoms with Crippen LogP contribution in [0.4, 0.5) is 0 Å². The molecule has 29 heavy (non-hydrogen) atoms. The fourth-order valence-corrected chi connectivity index (χ4v) is 4.07. The van der Waals surface area contributed by atoms with E-state index in [0.717, 1.165) is 55.0 Å². The number of benzene rings is 3. The van der Waals surface area contributed by atoms with E-state index in [2.05, 4.69) is 50.2 Å². The van der Waals surface area contributed by atoms with Crippen LogP contribution in [0.5, 0.6) is 11.5 Å². The molecule has 0 radical (unpaired) electrons. The standard InChI is InChI=1S/C24H24N4O/c1-2-8-21(9-3-1)29-22-10-6-7-19(17-22)18-27-15-13-20(14-16-27)28-24-12-5-4-11-23(24)25-26-28/h1-12,17,20H,13-16,18H2. The largest absolute Gasteiger partial charge is 0.457 e. The van der Waals surface area contributed by atoms with E-state index in [1.807, 2.05) is 48.5 Å². The molecular formula is C24H24N4O. The number of nitrogens with zero attached hydrogens (tertiary/aromatic N) is 4. The summed E-state index contributed by atoms with van der Waals surface area (Å²) >= 11 is 0.